The number of thioether (sulfide) groups is 1. The maximum Gasteiger partial charge on any atom is 0.271 e. The van der Waals surface area contributed by atoms with E-state index in [1.54, 1.807) is 0 Å². The molecular weight excluding hydrogens is 222 g/mol. The molecule has 0 aliphatic carbocycles. The van der Waals surface area contributed by atoms with Crippen LogP contribution in [0.15, 0.2) is 4.79 Å². The van der Waals surface area contributed by atoms with Gasteiger partial charge in [0.2, 0.25) is 0 Å². The molecule has 2 aliphatic heterocycles. The second kappa shape index (κ2) is 4.30. The van der Waals surface area contributed by atoms with Gasteiger partial charge in [0.1, 0.15) is 0 Å². The van der Waals surface area contributed by atoms with Gasteiger partial charge in [-0.05, 0) is 31.6 Å². The third-order valence-corrected chi connectivity index (χ3v) is 4.46. The van der Waals surface area contributed by atoms with Gasteiger partial charge in [0, 0.05) is 23.6 Å². The third kappa shape index (κ3) is 1.72. The predicted molar refractivity (Wildman–Crippen MR) is 66.1 cm³/mol. The summed E-state index contributed by atoms with van der Waals surface area (Å²) in [5.74, 6) is 2.02. The Morgan fingerprint density at radius 3 is 3.12 bits per heavy atom. The van der Waals surface area contributed by atoms with E-state index in [9.17, 15) is 4.79 Å². The van der Waals surface area contributed by atoms with Crippen LogP contribution < -0.4 is 10.9 Å². The SMILES string of the molecule is O=c1c2c([nH]n1C1CCCNC1)CCSC2. The predicted octanol–water partition coefficient (Wildman–Crippen LogP) is 0.890. The summed E-state index contributed by atoms with van der Waals surface area (Å²) in [5.41, 5.74) is 2.41. The van der Waals surface area contributed by atoms with Gasteiger partial charge in [-0.1, -0.05) is 0 Å². The average molecular weight is 239 g/mol. The molecule has 0 bridgehead atoms. The molecule has 0 amide bonds. The highest BCUT2D eigenvalue weighted by Crippen LogP contribution is 2.22. The number of rotatable bonds is 1. The normalized spacial score (nSPS) is 25.4. The molecule has 4 nitrogen and oxygen atoms in total. The molecule has 16 heavy (non-hydrogen) atoms. The third-order valence-electron chi connectivity index (χ3n) is 3.48. The zero-order valence-electron chi connectivity index (χ0n) is 9.29. The van der Waals surface area contributed by atoms with Crippen molar-refractivity contribution in [2.75, 3.05) is 18.8 Å². The zero-order chi connectivity index (χ0) is 11.0. The standard InChI is InChI=1S/C11H17N3OS/c15-11-9-7-16-5-3-10(9)13-14(11)8-2-1-4-12-6-8/h8,12-13H,1-7H2. The van der Waals surface area contributed by atoms with Gasteiger partial charge in [0.25, 0.3) is 5.56 Å². The summed E-state index contributed by atoms with van der Waals surface area (Å²) in [6, 6.07) is 0.330. The Bertz CT molecular complexity index is 431. The van der Waals surface area contributed by atoms with E-state index >= 15 is 0 Å². The molecule has 1 unspecified atom stereocenters. The molecule has 1 aromatic rings. The summed E-state index contributed by atoms with van der Waals surface area (Å²) in [7, 11) is 0. The largest absolute Gasteiger partial charge is 0.315 e. The monoisotopic (exact) mass is 239 g/mol. The van der Waals surface area contributed by atoms with Gasteiger partial charge in [-0.25, -0.2) is 4.68 Å². The van der Waals surface area contributed by atoms with Gasteiger partial charge in [0.15, 0.2) is 0 Å². The van der Waals surface area contributed by atoms with Crippen molar-refractivity contribution in [3.63, 3.8) is 0 Å². The second-order valence-corrected chi connectivity index (χ2v) is 5.65. The first-order valence-corrected chi connectivity index (χ1v) is 7.12. The Kier molecular flexibility index (Phi) is 2.81. The van der Waals surface area contributed by atoms with Crippen molar-refractivity contribution in [2.24, 2.45) is 0 Å². The van der Waals surface area contributed by atoms with E-state index < -0.39 is 0 Å². The van der Waals surface area contributed by atoms with Crippen molar-refractivity contribution in [3.8, 4) is 0 Å². The maximum atomic E-state index is 12.2. The summed E-state index contributed by atoms with van der Waals surface area (Å²) < 4.78 is 1.86. The first-order valence-electron chi connectivity index (χ1n) is 5.97. The number of aryl methyl sites for hydroxylation is 1. The Hall–Kier alpha value is -0.680. The highest BCUT2D eigenvalue weighted by atomic mass is 32.2. The quantitative estimate of drug-likeness (QED) is 0.765. The van der Waals surface area contributed by atoms with Gasteiger partial charge in [-0.2, -0.15) is 11.8 Å². The Morgan fingerprint density at radius 2 is 2.38 bits per heavy atom. The lowest BCUT2D eigenvalue weighted by Crippen LogP contribution is -2.36. The summed E-state index contributed by atoms with van der Waals surface area (Å²) in [6.45, 7) is 2.01. The fourth-order valence-electron chi connectivity index (χ4n) is 2.55. The smallest absolute Gasteiger partial charge is 0.271 e. The van der Waals surface area contributed by atoms with Crippen molar-refractivity contribution in [2.45, 2.75) is 31.1 Å². The number of H-pyrrole nitrogens is 1. The number of piperidine rings is 1. The van der Waals surface area contributed by atoms with Crippen molar-refractivity contribution >= 4 is 11.8 Å². The van der Waals surface area contributed by atoms with Crippen molar-refractivity contribution in [3.05, 3.63) is 21.6 Å². The molecule has 0 spiro atoms. The second-order valence-electron chi connectivity index (χ2n) is 4.55. The number of hydrogen-bond acceptors (Lipinski definition) is 3. The minimum absolute atomic E-state index is 0.218. The van der Waals surface area contributed by atoms with E-state index in [4.69, 9.17) is 0 Å². The topological polar surface area (TPSA) is 49.8 Å². The lowest BCUT2D eigenvalue weighted by atomic mass is 10.1. The van der Waals surface area contributed by atoms with Crippen LogP contribution in [0.3, 0.4) is 0 Å². The molecule has 3 rings (SSSR count). The molecule has 1 atom stereocenters. The molecule has 2 N–H and O–H groups in total. The van der Waals surface area contributed by atoms with Gasteiger partial charge in [-0.15, -0.1) is 0 Å². The van der Waals surface area contributed by atoms with E-state index in [1.165, 1.54) is 5.69 Å². The van der Waals surface area contributed by atoms with Crippen LogP contribution in [0.1, 0.15) is 30.1 Å². The fourth-order valence-corrected chi connectivity index (χ4v) is 3.55. The first-order chi connectivity index (χ1) is 7.86. The summed E-state index contributed by atoms with van der Waals surface area (Å²) in [6.07, 6.45) is 3.29. The summed E-state index contributed by atoms with van der Waals surface area (Å²) >= 11 is 1.86. The van der Waals surface area contributed by atoms with E-state index in [1.807, 2.05) is 16.4 Å². The van der Waals surface area contributed by atoms with Crippen molar-refractivity contribution in [1.29, 1.82) is 0 Å². The van der Waals surface area contributed by atoms with Crippen LogP contribution in [0.4, 0.5) is 0 Å². The zero-order valence-corrected chi connectivity index (χ0v) is 10.1. The fraction of sp³-hybridized carbons (Fsp3) is 0.727. The molecule has 5 heteroatoms. The van der Waals surface area contributed by atoms with Gasteiger partial charge in [-0.3, -0.25) is 9.89 Å². The Labute approximate surface area is 98.8 Å². The Morgan fingerprint density at radius 1 is 1.44 bits per heavy atom. The molecule has 3 heterocycles. The number of fused-ring (bicyclic) bond motifs is 1. The lowest BCUT2D eigenvalue weighted by molar-refractivity contribution is 0.339. The molecular formula is C11H17N3OS. The molecule has 0 radical (unpaired) electrons. The minimum atomic E-state index is 0.218. The molecule has 88 valence electrons. The minimum Gasteiger partial charge on any atom is -0.315 e. The lowest BCUT2D eigenvalue weighted by Gasteiger charge is -2.23. The molecule has 1 fully saturated rings. The van der Waals surface area contributed by atoms with Crippen LogP contribution in [-0.4, -0.2) is 28.6 Å². The number of nitrogens with zero attached hydrogens (tertiary/aromatic N) is 1. The van der Waals surface area contributed by atoms with Crippen LogP contribution in [0.2, 0.25) is 0 Å². The molecule has 2 aliphatic rings. The van der Waals surface area contributed by atoms with Crippen LogP contribution in [-0.2, 0) is 12.2 Å². The van der Waals surface area contributed by atoms with Gasteiger partial charge < -0.3 is 5.32 Å². The Balaban J connectivity index is 1.94. The maximum absolute atomic E-state index is 12.2. The van der Waals surface area contributed by atoms with E-state index in [2.05, 4.69) is 10.4 Å². The van der Waals surface area contributed by atoms with E-state index in [0.717, 1.165) is 49.4 Å². The first kappa shape index (κ1) is 10.5. The molecule has 0 saturated carbocycles. The van der Waals surface area contributed by atoms with Crippen LogP contribution in [0.5, 0.6) is 0 Å². The van der Waals surface area contributed by atoms with Crippen LogP contribution in [0, 0.1) is 0 Å². The highest BCUT2D eigenvalue weighted by Gasteiger charge is 2.23. The highest BCUT2D eigenvalue weighted by molar-refractivity contribution is 7.98. The van der Waals surface area contributed by atoms with Gasteiger partial charge in [0.05, 0.1) is 6.04 Å². The van der Waals surface area contributed by atoms with Crippen molar-refractivity contribution < 1.29 is 0 Å². The average Bonchev–Trinajstić information content (AvgIpc) is 2.69. The molecule has 1 aromatic heterocycles. The van der Waals surface area contributed by atoms with Crippen molar-refractivity contribution in [1.82, 2.24) is 15.1 Å². The summed E-state index contributed by atoms with van der Waals surface area (Å²) in [5, 5.41) is 6.68. The molecule has 1 saturated heterocycles. The van der Waals surface area contributed by atoms with E-state index in [0.29, 0.717) is 6.04 Å². The van der Waals surface area contributed by atoms with Gasteiger partial charge >= 0.3 is 0 Å². The molecule has 0 aromatic carbocycles. The van der Waals surface area contributed by atoms with Crippen LogP contribution >= 0.6 is 11.8 Å². The number of aromatic nitrogens is 2. The van der Waals surface area contributed by atoms with Crippen LogP contribution in [0.25, 0.3) is 0 Å². The summed E-state index contributed by atoms with van der Waals surface area (Å²) in [4.78, 5) is 12.2. The number of aromatic amines is 1. The number of nitrogens with one attached hydrogen (secondary N) is 2. The van der Waals surface area contributed by atoms with E-state index in [-0.39, 0.29) is 5.56 Å². The number of hydrogen-bond donors (Lipinski definition) is 2.